The predicted molar refractivity (Wildman–Crippen MR) is 65.5 cm³/mol. The van der Waals surface area contributed by atoms with E-state index in [1.54, 1.807) is 0 Å². The topological polar surface area (TPSA) is 29.5 Å². The Morgan fingerprint density at radius 2 is 2.47 bits per heavy atom. The summed E-state index contributed by atoms with van der Waals surface area (Å²) < 4.78 is 6.99. The second-order valence-electron chi connectivity index (χ2n) is 3.74. The molecule has 1 N–H and O–H groups in total. The van der Waals surface area contributed by atoms with Crippen molar-refractivity contribution in [1.82, 2.24) is 0 Å². The highest BCUT2D eigenvalue weighted by Crippen LogP contribution is 2.40. The Bertz CT molecular complexity index is 336. The molecule has 0 aromatic carbocycles. The first-order valence-electron chi connectivity index (χ1n) is 4.84. The molecule has 1 aromatic heterocycles. The molecular weight excluding hydrogens is 300 g/mol. The predicted octanol–water partition coefficient (Wildman–Crippen LogP) is 3.62. The molecule has 84 valence electrons. The summed E-state index contributed by atoms with van der Waals surface area (Å²) in [5.41, 5.74) is 0. The van der Waals surface area contributed by atoms with Crippen LogP contribution in [0.1, 0.15) is 24.3 Å². The van der Waals surface area contributed by atoms with Gasteiger partial charge in [0.05, 0.1) is 12.2 Å². The summed E-state index contributed by atoms with van der Waals surface area (Å²) in [5.74, 6) is 0.187. The standard InChI is InChI=1S/C10H12BrClO2S/c1-5-6(2-3-14-5)9(13)8-4-7(11)10(12)15-8/h4-6,9,13H,2-3H2,1H3. The minimum Gasteiger partial charge on any atom is -0.387 e. The van der Waals surface area contributed by atoms with Crippen LogP contribution in [0.2, 0.25) is 4.34 Å². The highest BCUT2D eigenvalue weighted by atomic mass is 79.9. The lowest BCUT2D eigenvalue weighted by molar-refractivity contribution is 0.0448. The Hall–Kier alpha value is 0.390. The van der Waals surface area contributed by atoms with Gasteiger partial charge in [-0.15, -0.1) is 11.3 Å². The maximum absolute atomic E-state index is 10.2. The van der Waals surface area contributed by atoms with Gasteiger partial charge in [-0.05, 0) is 35.3 Å². The van der Waals surface area contributed by atoms with Gasteiger partial charge in [0.15, 0.2) is 0 Å². The van der Waals surface area contributed by atoms with E-state index in [9.17, 15) is 5.11 Å². The van der Waals surface area contributed by atoms with Gasteiger partial charge >= 0.3 is 0 Å². The first kappa shape index (κ1) is 11.9. The van der Waals surface area contributed by atoms with Crippen LogP contribution in [0.15, 0.2) is 10.5 Å². The molecule has 1 aromatic rings. The molecule has 2 heterocycles. The minimum atomic E-state index is -0.462. The zero-order valence-corrected chi connectivity index (χ0v) is 11.4. The van der Waals surface area contributed by atoms with Crippen LogP contribution < -0.4 is 0 Å². The van der Waals surface area contributed by atoms with Gasteiger partial charge in [0, 0.05) is 21.9 Å². The molecule has 0 spiro atoms. The number of thiophene rings is 1. The third-order valence-corrected chi connectivity index (χ3v) is 5.34. The Morgan fingerprint density at radius 1 is 1.73 bits per heavy atom. The summed E-state index contributed by atoms with van der Waals surface area (Å²) in [6.07, 6.45) is 0.575. The lowest BCUT2D eigenvalue weighted by Gasteiger charge is -2.19. The maximum atomic E-state index is 10.2. The van der Waals surface area contributed by atoms with Gasteiger partial charge in [-0.2, -0.15) is 0 Å². The van der Waals surface area contributed by atoms with Gasteiger partial charge in [0.2, 0.25) is 0 Å². The van der Waals surface area contributed by atoms with Gasteiger partial charge < -0.3 is 9.84 Å². The summed E-state index contributed by atoms with van der Waals surface area (Å²) in [6, 6.07) is 1.89. The Balaban J connectivity index is 2.16. The monoisotopic (exact) mass is 310 g/mol. The summed E-state index contributed by atoms with van der Waals surface area (Å²) >= 11 is 10.7. The van der Waals surface area contributed by atoms with Crippen molar-refractivity contribution in [2.24, 2.45) is 5.92 Å². The molecule has 0 radical (unpaired) electrons. The fraction of sp³-hybridized carbons (Fsp3) is 0.600. The van der Waals surface area contributed by atoms with Gasteiger partial charge in [0.25, 0.3) is 0 Å². The van der Waals surface area contributed by atoms with Crippen molar-refractivity contribution < 1.29 is 9.84 Å². The first-order valence-corrected chi connectivity index (χ1v) is 6.82. The van der Waals surface area contributed by atoms with Crippen molar-refractivity contribution in [3.63, 3.8) is 0 Å². The second kappa shape index (κ2) is 4.72. The fourth-order valence-electron chi connectivity index (χ4n) is 1.88. The van der Waals surface area contributed by atoms with Crippen molar-refractivity contribution in [3.8, 4) is 0 Å². The average molecular weight is 312 g/mol. The number of aliphatic hydroxyl groups is 1. The molecule has 0 bridgehead atoms. The molecule has 0 amide bonds. The summed E-state index contributed by atoms with van der Waals surface area (Å²) in [5, 5.41) is 10.2. The highest BCUT2D eigenvalue weighted by molar-refractivity contribution is 9.10. The third-order valence-electron chi connectivity index (χ3n) is 2.80. The SMILES string of the molecule is CC1OCCC1C(O)c1cc(Br)c(Cl)s1. The van der Waals surface area contributed by atoms with E-state index in [2.05, 4.69) is 15.9 Å². The molecule has 0 saturated carbocycles. The molecule has 1 fully saturated rings. The van der Waals surface area contributed by atoms with E-state index in [4.69, 9.17) is 16.3 Å². The van der Waals surface area contributed by atoms with Crippen molar-refractivity contribution in [2.75, 3.05) is 6.61 Å². The third kappa shape index (κ3) is 2.39. The van der Waals surface area contributed by atoms with E-state index >= 15 is 0 Å². The summed E-state index contributed by atoms with van der Waals surface area (Å²) in [7, 11) is 0. The van der Waals surface area contributed by atoms with E-state index in [0.717, 1.165) is 22.4 Å². The zero-order valence-electron chi connectivity index (χ0n) is 8.24. The van der Waals surface area contributed by atoms with Crippen LogP contribution in [0.25, 0.3) is 0 Å². The molecule has 3 unspecified atom stereocenters. The van der Waals surface area contributed by atoms with Crippen LogP contribution in [0.5, 0.6) is 0 Å². The largest absolute Gasteiger partial charge is 0.387 e. The van der Waals surface area contributed by atoms with Crippen molar-refractivity contribution >= 4 is 38.9 Å². The molecule has 5 heteroatoms. The molecule has 1 aliphatic rings. The molecule has 3 atom stereocenters. The Kier molecular flexibility index (Phi) is 3.73. The minimum absolute atomic E-state index is 0.125. The van der Waals surface area contributed by atoms with Crippen LogP contribution in [-0.4, -0.2) is 17.8 Å². The molecule has 15 heavy (non-hydrogen) atoms. The van der Waals surface area contributed by atoms with Crippen LogP contribution in [0.4, 0.5) is 0 Å². The van der Waals surface area contributed by atoms with Gasteiger partial charge in [-0.1, -0.05) is 11.6 Å². The quantitative estimate of drug-likeness (QED) is 0.904. The van der Waals surface area contributed by atoms with Crippen LogP contribution in [0, 0.1) is 5.92 Å². The van der Waals surface area contributed by atoms with E-state index in [-0.39, 0.29) is 12.0 Å². The lowest BCUT2D eigenvalue weighted by Crippen LogP contribution is -2.18. The van der Waals surface area contributed by atoms with Gasteiger partial charge in [-0.3, -0.25) is 0 Å². The summed E-state index contributed by atoms with van der Waals surface area (Å²) in [4.78, 5) is 0.911. The zero-order chi connectivity index (χ0) is 11.0. The number of hydrogen-bond acceptors (Lipinski definition) is 3. The molecule has 0 aliphatic carbocycles. The fourth-order valence-corrected chi connectivity index (χ4v) is 3.68. The molecule has 1 saturated heterocycles. The first-order chi connectivity index (χ1) is 7.09. The number of halogens is 2. The van der Waals surface area contributed by atoms with Crippen LogP contribution >= 0.6 is 38.9 Å². The molecule has 1 aliphatic heterocycles. The highest BCUT2D eigenvalue weighted by Gasteiger charge is 2.32. The number of aliphatic hydroxyl groups excluding tert-OH is 1. The number of hydrogen-bond donors (Lipinski definition) is 1. The van der Waals surface area contributed by atoms with E-state index in [0.29, 0.717) is 4.34 Å². The number of rotatable bonds is 2. The molecule has 2 rings (SSSR count). The maximum Gasteiger partial charge on any atom is 0.107 e. The van der Waals surface area contributed by atoms with Crippen molar-refractivity contribution in [1.29, 1.82) is 0 Å². The van der Waals surface area contributed by atoms with E-state index in [1.165, 1.54) is 11.3 Å². The smallest absolute Gasteiger partial charge is 0.107 e. The van der Waals surface area contributed by atoms with Crippen molar-refractivity contribution in [3.05, 3.63) is 19.8 Å². The van der Waals surface area contributed by atoms with Crippen LogP contribution in [-0.2, 0) is 4.74 Å². The second-order valence-corrected chi connectivity index (χ2v) is 6.28. The van der Waals surface area contributed by atoms with Gasteiger partial charge in [-0.25, -0.2) is 0 Å². The summed E-state index contributed by atoms with van der Waals surface area (Å²) in [6.45, 7) is 2.74. The van der Waals surface area contributed by atoms with E-state index < -0.39 is 6.10 Å². The van der Waals surface area contributed by atoms with Crippen LogP contribution in [0.3, 0.4) is 0 Å². The molecular formula is C10H12BrClO2S. The normalized spacial score (nSPS) is 28.3. The van der Waals surface area contributed by atoms with Crippen molar-refractivity contribution in [2.45, 2.75) is 25.6 Å². The van der Waals surface area contributed by atoms with Gasteiger partial charge in [0.1, 0.15) is 4.34 Å². The van der Waals surface area contributed by atoms with E-state index in [1.807, 2.05) is 13.0 Å². The molecule has 2 nitrogen and oxygen atoms in total. The average Bonchev–Trinajstić information content (AvgIpc) is 2.74. The Labute approximate surface area is 106 Å². The Morgan fingerprint density at radius 3 is 2.93 bits per heavy atom. The number of ether oxygens (including phenoxy) is 1. The lowest BCUT2D eigenvalue weighted by atomic mass is 9.95.